The second kappa shape index (κ2) is 16.3. The van der Waals surface area contributed by atoms with Crippen LogP contribution in [0, 0.1) is 6.92 Å². The zero-order chi connectivity index (χ0) is 35.9. The number of pyridine rings is 1. The van der Waals surface area contributed by atoms with E-state index in [1.165, 1.54) is 18.2 Å². The fraction of sp³-hybridized carbons (Fsp3) is 0.289. The van der Waals surface area contributed by atoms with E-state index in [1.807, 2.05) is 55.5 Å². The maximum Gasteiger partial charge on any atom is 0.323 e. The Morgan fingerprint density at radius 2 is 1.50 bits per heavy atom. The van der Waals surface area contributed by atoms with Gasteiger partial charge in [0.15, 0.2) is 0 Å². The summed E-state index contributed by atoms with van der Waals surface area (Å²) in [7, 11) is 3.07. The molecule has 0 unspecified atom stereocenters. The van der Waals surface area contributed by atoms with Crippen LogP contribution in [0.25, 0.3) is 34.0 Å². The molecule has 0 amide bonds. The van der Waals surface area contributed by atoms with Crippen molar-refractivity contribution in [2.45, 2.75) is 44.9 Å². The summed E-state index contributed by atoms with van der Waals surface area (Å²) in [6.07, 6.45) is 3.79. The van der Waals surface area contributed by atoms with Gasteiger partial charge in [-0.25, -0.2) is 4.98 Å². The van der Waals surface area contributed by atoms with Crippen molar-refractivity contribution in [1.29, 1.82) is 0 Å². The molecule has 0 bridgehead atoms. The number of methoxy groups -OCH3 is 2. The maximum absolute atomic E-state index is 11.4. The first kappa shape index (κ1) is 36.5. The summed E-state index contributed by atoms with van der Waals surface area (Å²) in [5.74, 6) is -1.32. The van der Waals surface area contributed by atoms with Gasteiger partial charge in [-0.05, 0) is 65.3 Å². The molecule has 0 saturated heterocycles. The summed E-state index contributed by atoms with van der Waals surface area (Å²) >= 11 is 7.14. The molecule has 1 aromatic heterocycles. The molecule has 0 radical (unpaired) electrons. The first-order chi connectivity index (χ1) is 24.1. The van der Waals surface area contributed by atoms with E-state index in [9.17, 15) is 30.0 Å². The molecular formula is C38H40ClN3O8. The van der Waals surface area contributed by atoms with Gasteiger partial charge < -0.3 is 29.9 Å². The van der Waals surface area contributed by atoms with Gasteiger partial charge in [-0.1, -0.05) is 66.2 Å². The number of ether oxygens (including phenoxy) is 2. The molecule has 12 heteroatoms. The van der Waals surface area contributed by atoms with E-state index in [-0.39, 0.29) is 13.1 Å². The minimum Gasteiger partial charge on any atom is -0.496 e. The number of benzene rings is 3. The lowest BCUT2D eigenvalue weighted by atomic mass is 9.94. The molecule has 6 N–H and O–H groups in total. The van der Waals surface area contributed by atoms with Crippen molar-refractivity contribution >= 4 is 35.2 Å². The fourth-order valence-corrected chi connectivity index (χ4v) is 6.52. The summed E-state index contributed by atoms with van der Waals surface area (Å²) in [6, 6.07) is 17.5. The Balaban J connectivity index is 1.43. The Labute approximate surface area is 295 Å². The van der Waals surface area contributed by atoms with Crippen LogP contribution in [0.4, 0.5) is 0 Å². The van der Waals surface area contributed by atoms with Crippen LogP contribution in [-0.2, 0) is 29.1 Å². The van der Waals surface area contributed by atoms with Crippen LogP contribution in [0.5, 0.6) is 11.6 Å². The van der Waals surface area contributed by atoms with Crippen LogP contribution in [0.3, 0.4) is 0 Å². The highest BCUT2D eigenvalue weighted by Crippen LogP contribution is 2.44. The number of carboxylic acids is 2. The summed E-state index contributed by atoms with van der Waals surface area (Å²) in [6.45, 7) is 1.20. The van der Waals surface area contributed by atoms with Crippen LogP contribution < -0.4 is 20.1 Å². The molecule has 0 spiro atoms. The number of halogens is 1. The quantitative estimate of drug-likeness (QED) is 0.0991. The highest BCUT2D eigenvalue weighted by Gasteiger charge is 2.24. The lowest BCUT2D eigenvalue weighted by molar-refractivity contribution is -0.141. The minimum atomic E-state index is -1.15. The zero-order valence-corrected chi connectivity index (χ0v) is 28.8. The van der Waals surface area contributed by atoms with Crippen molar-refractivity contribution in [1.82, 2.24) is 15.6 Å². The number of rotatable bonds is 15. The number of aliphatic hydroxyl groups is 2. The molecular weight excluding hydrogens is 662 g/mol. The number of nitrogens with zero attached hydrogens (tertiary/aromatic N) is 1. The topological polar surface area (TPSA) is 170 Å². The average Bonchev–Trinajstić information content (AvgIpc) is 3.52. The molecule has 0 fully saturated rings. The molecule has 50 heavy (non-hydrogen) atoms. The van der Waals surface area contributed by atoms with Gasteiger partial charge >= 0.3 is 11.9 Å². The maximum atomic E-state index is 11.4. The molecule has 0 aliphatic heterocycles. The van der Waals surface area contributed by atoms with Crippen LogP contribution in [-0.4, -0.2) is 76.9 Å². The lowest BCUT2D eigenvalue weighted by Gasteiger charge is -2.18. The van der Waals surface area contributed by atoms with Crippen molar-refractivity contribution in [3.05, 3.63) is 99.1 Å². The highest BCUT2D eigenvalue weighted by molar-refractivity contribution is 6.36. The number of aliphatic hydroxyl groups excluding tert-OH is 2. The summed E-state index contributed by atoms with van der Waals surface area (Å²) in [4.78, 5) is 27.4. The first-order valence-corrected chi connectivity index (χ1v) is 16.5. The van der Waals surface area contributed by atoms with E-state index >= 15 is 0 Å². The number of hydrogen-bond donors (Lipinski definition) is 6. The van der Waals surface area contributed by atoms with Gasteiger partial charge in [-0.3, -0.25) is 20.2 Å². The van der Waals surface area contributed by atoms with Crippen molar-refractivity contribution in [2.24, 2.45) is 0 Å². The summed E-state index contributed by atoms with van der Waals surface area (Å²) in [5.41, 5.74) is 9.97. The second-order valence-electron chi connectivity index (χ2n) is 12.0. The Hall–Kier alpha value is -4.78. The molecule has 0 saturated carbocycles. The molecule has 1 aliphatic carbocycles. The number of aliphatic carboxylic acids is 2. The third-order valence-electron chi connectivity index (χ3n) is 8.91. The van der Waals surface area contributed by atoms with E-state index in [4.69, 9.17) is 26.1 Å². The van der Waals surface area contributed by atoms with E-state index in [1.54, 1.807) is 7.11 Å². The predicted molar refractivity (Wildman–Crippen MR) is 191 cm³/mol. The van der Waals surface area contributed by atoms with Gasteiger partial charge in [-0.15, -0.1) is 0 Å². The monoisotopic (exact) mass is 701 g/mol. The predicted octanol–water partition coefficient (Wildman–Crippen LogP) is 4.95. The molecule has 3 aromatic carbocycles. The average molecular weight is 702 g/mol. The van der Waals surface area contributed by atoms with Crippen LogP contribution in [0.1, 0.15) is 39.8 Å². The number of nitrogens with one attached hydrogen (secondary N) is 2. The number of hydrogen-bond acceptors (Lipinski definition) is 9. The number of fused-ring (bicyclic) bond motifs is 1. The van der Waals surface area contributed by atoms with Crippen LogP contribution >= 0.6 is 11.6 Å². The smallest absolute Gasteiger partial charge is 0.323 e. The Morgan fingerprint density at radius 1 is 0.860 bits per heavy atom. The van der Waals surface area contributed by atoms with Crippen LogP contribution in [0.2, 0.25) is 5.02 Å². The van der Waals surface area contributed by atoms with Crippen molar-refractivity contribution < 1.29 is 39.5 Å². The molecule has 1 aliphatic rings. The Bertz CT molecular complexity index is 1930. The van der Waals surface area contributed by atoms with Gasteiger partial charge in [0.25, 0.3) is 0 Å². The highest BCUT2D eigenvalue weighted by atomic mass is 35.5. The van der Waals surface area contributed by atoms with Crippen molar-refractivity contribution in [3.8, 4) is 34.0 Å². The minimum absolute atomic E-state index is 0.144. The van der Waals surface area contributed by atoms with Gasteiger partial charge in [0, 0.05) is 35.3 Å². The van der Waals surface area contributed by atoms with E-state index in [0.29, 0.717) is 27.9 Å². The number of aromatic nitrogens is 1. The molecule has 4 aromatic rings. The normalized spacial score (nSPS) is 14.3. The van der Waals surface area contributed by atoms with Crippen molar-refractivity contribution in [3.63, 3.8) is 0 Å². The van der Waals surface area contributed by atoms with Gasteiger partial charge in [-0.2, -0.15) is 0 Å². The van der Waals surface area contributed by atoms with E-state index in [0.717, 1.165) is 51.8 Å². The molecule has 11 nitrogen and oxygen atoms in total. The Morgan fingerprint density at radius 3 is 2.14 bits per heavy atom. The first-order valence-electron chi connectivity index (χ1n) is 16.1. The second-order valence-corrected chi connectivity index (χ2v) is 12.3. The van der Waals surface area contributed by atoms with Gasteiger partial charge in [0.05, 0.1) is 38.1 Å². The fourth-order valence-electron chi connectivity index (χ4n) is 6.20. The molecule has 2 atom stereocenters. The summed E-state index contributed by atoms with van der Waals surface area (Å²) < 4.78 is 11.2. The third-order valence-corrected chi connectivity index (χ3v) is 9.32. The van der Waals surface area contributed by atoms with Gasteiger partial charge in [0.2, 0.25) is 5.88 Å². The van der Waals surface area contributed by atoms with Crippen LogP contribution in [0.15, 0.2) is 60.7 Å². The van der Waals surface area contributed by atoms with E-state index < -0.39 is 37.2 Å². The SMILES string of the molecule is COc1cc(/C=C2\CCc3c2cccc3-c2cccc(-c3cc(C)c(CN[C@@H](CO)C(=O)O)c(OC)n3)c2Cl)ccc1CN[C@@H](CO)C(=O)O. The van der Waals surface area contributed by atoms with Crippen molar-refractivity contribution in [2.75, 3.05) is 27.4 Å². The number of allylic oxidation sites excluding steroid dienone is 1. The van der Waals surface area contributed by atoms with Gasteiger partial charge in [0.1, 0.15) is 17.8 Å². The summed E-state index contributed by atoms with van der Waals surface area (Å²) in [5, 5.41) is 43.5. The standard InChI is InChI=1S/C38H40ClN3O8/c1-21-14-31(42-36(50-3)30(21)18-41-33(20-44)38(47)48)29-9-5-8-28(35(29)39)26-7-4-6-25-23(12-13-27(25)26)15-22-10-11-24(34(16-22)49-2)17-40-32(19-43)37(45)46/h4-11,14-16,32-33,40-41,43-44H,12-13,17-20H2,1-3H3,(H,45,46)(H,47,48)/b23-15+/t32-,33-/m0/s1. The largest absolute Gasteiger partial charge is 0.496 e. The molecule has 1 heterocycles. The third kappa shape index (κ3) is 7.83. The zero-order valence-electron chi connectivity index (χ0n) is 28.0. The number of carbonyl (C=O) groups is 2. The Kier molecular flexibility index (Phi) is 11.9. The number of aryl methyl sites for hydroxylation is 1. The number of carboxylic acid groups (broad SMARTS) is 2. The lowest BCUT2D eigenvalue weighted by Crippen LogP contribution is -2.39. The molecule has 262 valence electrons. The van der Waals surface area contributed by atoms with E-state index in [2.05, 4.69) is 28.8 Å². The molecule has 5 rings (SSSR count).